The van der Waals surface area contributed by atoms with Gasteiger partial charge in [-0.15, -0.1) is 10.2 Å². The van der Waals surface area contributed by atoms with Gasteiger partial charge in [-0.3, -0.25) is 0 Å². The number of hydrogen-bond acceptors (Lipinski definition) is 3. The van der Waals surface area contributed by atoms with Gasteiger partial charge in [0, 0.05) is 13.0 Å². The molecule has 2 aliphatic rings. The molecule has 0 saturated heterocycles. The molecule has 1 aromatic heterocycles. The van der Waals surface area contributed by atoms with Gasteiger partial charge in [0.25, 0.3) is 0 Å². The molecular weight excluding hydrogens is 214 g/mol. The molecule has 2 fully saturated rings. The van der Waals surface area contributed by atoms with Crippen LogP contribution < -0.4 is 0 Å². The molecule has 94 valence electrons. The summed E-state index contributed by atoms with van der Waals surface area (Å²) in [6.07, 6.45) is 6.75. The second-order valence-electron chi connectivity index (χ2n) is 5.57. The van der Waals surface area contributed by atoms with E-state index in [4.69, 9.17) is 0 Å². The monoisotopic (exact) mass is 235 g/mol. The van der Waals surface area contributed by atoms with Crippen LogP contribution in [0.25, 0.3) is 0 Å². The Labute approximate surface area is 102 Å². The van der Waals surface area contributed by atoms with Crippen molar-refractivity contribution in [3.8, 4) is 0 Å². The lowest BCUT2D eigenvalue weighted by Crippen LogP contribution is -2.16. The van der Waals surface area contributed by atoms with E-state index in [9.17, 15) is 5.11 Å². The summed E-state index contributed by atoms with van der Waals surface area (Å²) >= 11 is 0. The smallest absolute Gasteiger partial charge is 0.158 e. The Hall–Kier alpha value is -0.900. The topological polar surface area (TPSA) is 50.9 Å². The molecular formula is C13H21N3O. The highest BCUT2D eigenvalue weighted by Crippen LogP contribution is 2.49. The van der Waals surface area contributed by atoms with Crippen LogP contribution in [0.2, 0.25) is 0 Å². The van der Waals surface area contributed by atoms with E-state index in [1.165, 1.54) is 25.7 Å². The van der Waals surface area contributed by atoms with E-state index in [0.29, 0.717) is 5.82 Å². The fourth-order valence-electron chi connectivity index (χ4n) is 3.87. The van der Waals surface area contributed by atoms with Crippen LogP contribution in [0, 0.1) is 17.8 Å². The van der Waals surface area contributed by atoms with Gasteiger partial charge in [-0.25, -0.2) is 0 Å². The van der Waals surface area contributed by atoms with Crippen molar-refractivity contribution in [2.24, 2.45) is 17.8 Å². The Morgan fingerprint density at radius 3 is 2.65 bits per heavy atom. The van der Waals surface area contributed by atoms with Crippen molar-refractivity contribution in [3.05, 3.63) is 11.6 Å². The summed E-state index contributed by atoms with van der Waals surface area (Å²) in [6.45, 7) is 2.95. The molecule has 17 heavy (non-hydrogen) atoms. The predicted octanol–water partition coefficient (Wildman–Crippen LogP) is 1.77. The highest BCUT2D eigenvalue weighted by Gasteiger charge is 2.39. The largest absolute Gasteiger partial charge is 0.388 e. The lowest BCUT2D eigenvalue weighted by Gasteiger charge is -2.21. The van der Waals surface area contributed by atoms with Crippen molar-refractivity contribution in [1.82, 2.24) is 14.8 Å². The van der Waals surface area contributed by atoms with E-state index in [2.05, 4.69) is 21.7 Å². The van der Waals surface area contributed by atoms with Gasteiger partial charge in [-0.1, -0.05) is 6.42 Å². The Bertz CT molecular complexity index is 401. The van der Waals surface area contributed by atoms with Crippen molar-refractivity contribution in [1.29, 1.82) is 0 Å². The van der Waals surface area contributed by atoms with E-state index in [-0.39, 0.29) is 6.61 Å². The highest BCUT2D eigenvalue weighted by atomic mass is 16.3. The van der Waals surface area contributed by atoms with Crippen molar-refractivity contribution in [3.63, 3.8) is 0 Å². The van der Waals surface area contributed by atoms with Crippen molar-refractivity contribution >= 4 is 0 Å². The van der Waals surface area contributed by atoms with Crippen molar-refractivity contribution in [2.45, 2.75) is 52.2 Å². The van der Waals surface area contributed by atoms with Crippen LogP contribution in [-0.2, 0) is 19.6 Å². The third kappa shape index (κ3) is 1.88. The average Bonchev–Trinajstić information content (AvgIpc) is 3.02. The fourth-order valence-corrected chi connectivity index (χ4v) is 3.87. The SMILES string of the molecule is CCn1c(CO)nnc1CC1CC2CCC1C2. The first-order valence-electron chi connectivity index (χ1n) is 6.83. The minimum atomic E-state index is -0.00242. The number of fused-ring (bicyclic) bond motifs is 2. The van der Waals surface area contributed by atoms with Crippen LogP contribution in [-0.4, -0.2) is 19.9 Å². The van der Waals surface area contributed by atoms with E-state index in [1.54, 1.807) is 0 Å². The maximum Gasteiger partial charge on any atom is 0.158 e. The van der Waals surface area contributed by atoms with Crippen LogP contribution in [0.15, 0.2) is 0 Å². The van der Waals surface area contributed by atoms with E-state index in [0.717, 1.165) is 36.5 Å². The molecule has 1 aromatic rings. The van der Waals surface area contributed by atoms with Crippen LogP contribution in [0.5, 0.6) is 0 Å². The summed E-state index contributed by atoms with van der Waals surface area (Å²) < 4.78 is 2.08. The first-order valence-corrected chi connectivity index (χ1v) is 6.83. The zero-order valence-electron chi connectivity index (χ0n) is 10.5. The van der Waals surface area contributed by atoms with Gasteiger partial charge in [-0.05, 0) is 43.9 Å². The maximum absolute atomic E-state index is 9.21. The number of rotatable bonds is 4. The van der Waals surface area contributed by atoms with Gasteiger partial charge in [-0.2, -0.15) is 0 Å². The molecule has 0 aliphatic heterocycles. The Kier molecular flexibility index (Phi) is 2.90. The summed E-state index contributed by atoms with van der Waals surface area (Å²) in [7, 11) is 0. The molecule has 0 spiro atoms. The van der Waals surface area contributed by atoms with E-state index in [1.807, 2.05) is 0 Å². The number of nitrogens with zero attached hydrogens (tertiary/aromatic N) is 3. The summed E-state index contributed by atoms with van der Waals surface area (Å²) in [6, 6.07) is 0. The quantitative estimate of drug-likeness (QED) is 0.865. The zero-order valence-corrected chi connectivity index (χ0v) is 10.5. The average molecular weight is 235 g/mol. The maximum atomic E-state index is 9.21. The van der Waals surface area contributed by atoms with E-state index >= 15 is 0 Å². The number of aliphatic hydroxyl groups excluding tert-OH is 1. The molecule has 0 aromatic carbocycles. The first-order chi connectivity index (χ1) is 8.31. The summed E-state index contributed by atoms with van der Waals surface area (Å²) in [5.41, 5.74) is 0. The predicted molar refractivity (Wildman–Crippen MR) is 64.3 cm³/mol. The number of aromatic nitrogens is 3. The molecule has 3 rings (SSSR count). The standard InChI is InChI=1S/C13H21N3O/c1-2-16-12(14-15-13(16)8-17)7-11-6-9-3-4-10(11)5-9/h9-11,17H,2-8H2,1H3. The minimum absolute atomic E-state index is 0.00242. The third-order valence-electron chi connectivity index (χ3n) is 4.69. The molecule has 3 atom stereocenters. The van der Waals surface area contributed by atoms with Crippen LogP contribution >= 0.6 is 0 Å². The molecule has 4 heteroatoms. The lowest BCUT2D eigenvalue weighted by molar-refractivity contribution is 0.263. The molecule has 2 aliphatic carbocycles. The molecule has 3 unspecified atom stereocenters. The Balaban J connectivity index is 1.74. The van der Waals surface area contributed by atoms with Gasteiger partial charge in [0.05, 0.1) is 0 Å². The van der Waals surface area contributed by atoms with Gasteiger partial charge >= 0.3 is 0 Å². The van der Waals surface area contributed by atoms with E-state index < -0.39 is 0 Å². The molecule has 2 bridgehead atoms. The van der Waals surface area contributed by atoms with Crippen LogP contribution in [0.3, 0.4) is 0 Å². The second kappa shape index (κ2) is 4.41. The van der Waals surface area contributed by atoms with Gasteiger partial charge in [0.1, 0.15) is 12.4 Å². The summed E-state index contributed by atoms with van der Waals surface area (Å²) in [5.74, 6) is 4.52. The van der Waals surface area contributed by atoms with Crippen LogP contribution in [0.1, 0.15) is 44.3 Å². The third-order valence-corrected chi connectivity index (χ3v) is 4.69. The minimum Gasteiger partial charge on any atom is -0.388 e. The summed E-state index contributed by atoms with van der Waals surface area (Å²) in [5, 5.41) is 17.5. The Morgan fingerprint density at radius 2 is 2.06 bits per heavy atom. The first kappa shape index (κ1) is 11.2. The molecule has 1 heterocycles. The fraction of sp³-hybridized carbons (Fsp3) is 0.846. The molecule has 1 N–H and O–H groups in total. The van der Waals surface area contributed by atoms with Crippen molar-refractivity contribution < 1.29 is 5.11 Å². The number of hydrogen-bond donors (Lipinski definition) is 1. The Morgan fingerprint density at radius 1 is 1.24 bits per heavy atom. The molecule has 0 radical (unpaired) electrons. The molecule has 0 amide bonds. The normalized spacial score (nSPS) is 31.3. The highest BCUT2D eigenvalue weighted by molar-refractivity contribution is 5.00. The number of aliphatic hydroxyl groups is 1. The van der Waals surface area contributed by atoms with Gasteiger partial charge < -0.3 is 9.67 Å². The van der Waals surface area contributed by atoms with Crippen LogP contribution in [0.4, 0.5) is 0 Å². The van der Waals surface area contributed by atoms with Crippen molar-refractivity contribution in [2.75, 3.05) is 0 Å². The second-order valence-corrected chi connectivity index (χ2v) is 5.57. The zero-order chi connectivity index (χ0) is 11.8. The van der Waals surface area contributed by atoms with Gasteiger partial charge in [0.2, 0.25) is 0 Å². The van der Waals surface area contributed by atoms with Gasteiger partial charge in [0.15, 0.2) is 5.82 Å². The lowest BCUT2D eigenvalue weighted by atomic mass is 9.86. The molecule has 4 nitrogen and oxygen atoms in total. The molecule has 2 saturated carbocycles. The summed E-state index contributed by atoms with van der Waals surface area (Å²) in [4.78, 5) is 0.